The van der Waals surface area contributed by atoms with Crippen molar-refractivity contribution in [3.63, 3.8) is 0 Å². The second-order valence-electron chi connectivity index (χ2n) is 13.4. The number of nitrogens with one attached hydrogen (secondary N) is 3. The largest absolute Gasteiger partial charge is 0.335 e. The van der Waals surface area contributed by atoms with Crippen molar-refractivity contribution in [1.82, 2.24) is 20.4 Å². The molecule has 1 saturated carbocycles. The molecule has 2 fully saturated rings. The van der Waals surface area contributed by atoms with E-state index in [0.29, 0.717) is 11.3 Å². The second-order valence-corrected chi connectivity index (χ2v) is 13.4. The molecule has 2 aliphatic heterocycles. The van der Waals surface area contributed by atoms with E-state index in [0.717, 1.165) is 18.4 Å². The summed E-state index contributed by atoms with van der Waals surface area (Å²) in [4.78, 5) is 61.2. The number of urea groups is 1. The lowest BCUT2D eigenvalue weighted by molar-refractivity contribution is -0.147. The Hall–Kier alpha value is -4.46. The van der Waals surface area contributed by atoms with Gasteiger partial charge in [-0.2, -0.15) is 0 Å². The Morgan fingerprint density at radius 1 is 1.16 bits per heavy atom. The van der Waals surface area contributed by atoms with Gasteiger partial charge in [-0.05, 0) is 54.0 Å². The Labute approximate surface area is 257 Å². The van der Waals surface area contributed by atoms with Crippen molar-refractivity contribution in [2.24, 2.45) is 5.41 Å². The summed E-state index contributed by atoms with van der Waals surface area (Å²) in [7, 11) is 1.53. The number of hydrogen-bond acceptors (Lipinski definition) is 4. The Bertz CT molecular complexity index is 1490. The molecule has 0 unspecified atom stereocenters. The fourth-order valence-electron chi connectivity index (χ4n) is 6.19. The third kappa shape index (κ3) is 6.39. The summed E-state index contributed by atoms with van der Waals surface area (Å²) in [5.41, 5.74) is 0.637. The fraction of sp³-hybridized carbons (Fsp3) is 0.485. The monoisotopic (exact) mass is 602 g/mol. The zero-order valence-corrected chi connectivity index (χ0v) is 25.5. The highest BCUT2D eigenvalue weighted by Crippen LogP contribution is 2.47. The first-order chi connectivity index (χ1) is 20.8. The summed E-state index contributed by atoms with van der Waals surface area (Å²) < 4.78 is 13.6. The fourth-order valence-corrected chi connectivity index (χ4v) is 6.19. The van der Waals surface area contributed by atoms with E-state index in [2.05, 4.69) is 20.8 Å². The minimum atomic E-state index is -1.05. The van der Waals surface area contributed by atoms with Gasteiger partial charge in [-0.1, -0.05) is 51.1 Å². The van der Waals surface area contributed by atoms with Crippen molar-refractivity contribution >= 4 is 29.4 Å². The van der Waals surface area contributed by atoms with Gasteiger partial charge in [0.1, 0.15) is 23.3 Å². The van der Waals surface area contributed by atoms with Crippen LogP contribution in [0.5, 0.6) is 0 Å². The zero-order chi connectivity index (χ0) is 31.8. The molecule has 3 N–H and O–H groups in total. The molecule has 0 bridgehead atoms. The van der Waals surface area contributed by atoms with Gasteiger partial charge in [-0.3, -0.25) is 24.1 Å². The molecular formula is C33H39FN6O4. The van der Waals surface area contributed by atoms with Crippen molar-refractivity contribution in [2.45, 2.75) is 82.6 Å². The molecule has 11 heteroatoms. The number of carbonyl (C=O) groups excluding carboxylic acids is 4. The van der Waals surface area contributed by atoms with Crippen LogP contribution >= 0.6 is 0 Å². The van der Waals surface area contributed by atoms with Gasteiger partial charge in [-0.25, -0.2) is 15.8 Å². The normalized spacial score (nSPS) is 22.0. The average Bonchev–Trinajstić information content (AvgIpc) is 3.63. The van der Waals surface area contributed by atoms with E-state index < -0.39 is 47.3 Å². The maximum absolute atomic E-state index is 14.4. The summed E-state index contributed by atoms with van der Waals surface area (Å²) in [6.45, 7) is 13.8. The number of likely N-dealkylation sites (N-methyl/N-ethyl adjacent to an activating group) is 1. The van der Waals surface area contributed by atoms with Gasteiger partial charge in [0.25, 0.3) is 5.91 Å². The second kappa shape index (κ2) is 11.9. The Balaban J connectivity index is 1.43. The minimum absolute atomic E-state index is 0.0193. The van der Waals surface area contributed by atoms with Crippen LogP contribution in [0.2, 0.25) is 0 Å². The van der Waals surface area contributed by atoms with Gasteiger partial charge in [-0.15, -0.1) is 0 Å². The molecule has 0 aromatic heterocycles. The van der Waals surface area contributed by atoms with E-state index >= 15 is 0 Å². The predicted molar refractivity (Wildman–Crippen MR) is 163 cm³/mol. The summed E-state index contributed by atoms with van der Waals surface area (Å²) >= 11 is 0. The topological polar surface area (TPSA) is 115 Å². The highest BCUT2D eigenvalue weighted by atomic mass is 19.1. The molecule has 4 atom stereocenters. The van der Waals surface area contributed by atoms with Crippen molar-refractivity contribution in [3.05, 3.63) is 76.9 Å². The molecule has 232 valence electrons. The highest BCUT2D eigenvalue weighted by molar-refractivity contribution is 6.07. The van der Waals surface area contributed by atoms with Crippen LogP contribution < -0.4 is 16.0 Å². The number of amides is 5. The van der Waals surface area contributed by atoms with Crippen LogP contribution in [0.1, 0.15) is 57.6 Å². The van der Waals surface area contributed by atoms with Crippen LogP contribution in [0.4, 0.5) is 14.9 Å². The number of anilines is 1. The standard InChI is InChI=1S/C33H39FN6O4/c1-32(2,3)17-26(29(42)40-19-33(18-27(40)35-4)23-8-6-7-9-24(23)37-30(33)43)39(5)28(41)25(38-31(44)36-22-14-15-22)16-20-10-12-21(34)13-11-20/h6-13,22,25-27H,14-19H2,1-3,5H3,(H,37,43)(H2,36,38,44)/t25-,26-,27-,33-/m0/s1. The van der Waals surface area contributed by atoms with Crippen LogP contribution in [-0.2, 0) is 26.2 Å². The van der Waals surface area contributed by atoms with E-state index in [9.17, 15) is 23.6 Å². The molecule has 2 aromatic carbocycles. The van der Waals surface area contributed by atoms with Crippen LogP contribution in [-0.4, -0.2) is 71.4 Å². The number of carbonyl (C=O) groups is 4. The molecule has 5 rings (SSSR count). The van der Waals surface area contributed by atoms with Crippen LogP contribution in [0.25, 0.3) is 4.85 Å². The lowest BCUT2D eigenvalue weighted by Gasteiger charge is -2.36. The molecule has 44 heavy (non-hydrogen) atoms. The maximum Gasteiger partial charge on any atom is 0.315 e. The number of para-hydroxylation sites is 1. The van der Waals surface area contributed by atoms with Crippen LogP contribution in [0.3, 0.4) is 0 Å². The Morgan fingerprint density at radius 3 is 2.48 bits per heavy atom. The van der Waals surface area contributed by atoms with Gasteiger partial charge >= 0.3 is 12.2 Å². The Morgan fingerprint density at radius 2 is 1.84 bits per heavy atom. The number of likely N-dealkylation sites (tertiary alicyclic amines) is 1. The SMILES string of the molecule is [C-]#[N+][C@@H]1C[C@@]2(CN1C(=O)[C@H](CC(C)(C)C)N(C)C(=O)[C@H](Cc1ccc(F)cc1)NC(=O)NC1CC1)C(=O)Nc1ccccc12. The lowest BCUT2D eigenvalue weighted by atomic mass is 9.80. The van der Waals surface area contributed by atoms with E-state index in [4.69, 9.17) is 6.57 Å². The molecule has 2 heterocycles. The Kier molecular flexibility index (Phi) is 8.38. The number of halogens is 1. The quantitative estimate of drug-likeness (QED) is 0.399. The van der Waals surface area contributed by atoms with E-state index in [1.54, 1.807) is 12.1 Å². The molecular weight excluding hydrogens is 563 g/mol. The van der Waals surface area contributed by atoms with E-state index in [1.807, 2.05) is 45.0 Å². The molecule has 10 nitrogen and oxygen atoms in total. The number of rotatable bonds is 8. The summed E-state index contributed by atoms with van der Waals surface area (Å²) in [5.74, 6) is -1.57. The van der Waals surface area contributed by atoms with Crippen LogP contribution in [0.15, 0.2) is 48.5 Å². The average molecular weight is 603 g/mol. The molecule has 2 aromatic rings. The van der Waals surface area contributed by atoms with Crippen molar-refractivity contribution in [3.8, 4) is 0 Å². The number of fused-ring (bicyclic) bond motifs is 2. The summed E-state index contributed by atoms with van der Waals surface area (Å²) in [6.07, 6.45) is 1.38. The van der Waals surface area contributed by atoms with Gasteiger partial charge in [0.05, 0.1) is 6.42 Å². The summed E-state index contributed by atoms with van der Waals surface area (Å²) in [5, 5.41) is 8.51. The van der Waals surface area contributed by atoms with Crippen molar-refractivity contribution in [2.75, 3.05) is 18.9 Å². The number of nitrogens with zero attached hydrogens (tertiary/aromatic N) is 3. The van der Waals surface area contributed by atoms with E-state index in [1.165, 1.54) is 29.0 Å². The molecule has 5 amide bonds. The predicted octanol–water partition coefficient (Wildman–Crippen LogP) is 3.83. The molecule has 3 aliphatic rings. The molecule has 1 spiro atoms. The summed E-state index contributed by atoms with van der Waals surface area (Å²) in [6, 6.07) is 10.6. The zero-order valence-electron chi connectivity index (χ0n) is 25.5. The van der Waals surface area contributed by atoms with Crippen molar-refractivity contribution < 1.29 is 23.6 Å². The third-order valence-corrected chi connectivity index (χ3v) is 8.66. The molecule has 1 aliphatic carbocycles. The van der Waals surface area contributed by atoms with E-state index in [-0.39, 0.29) is 43.2 Å². The first-order valence-corrected chi connectivity index (χ1v) is 15.0. The molecule has 0 radical (unpaired) electrons. The number of benzene rings is 2. The van der Waals surface area contributed by atoms with Crippen molar-refractivity contribution in [1.29, 1.82) is 0 Å². The third-order valence-electron chi connectivity index (χ3n) is 8.66. The first kappa shape index (κ1) is 31.0. The van der Waals surface area contributed by atoms with Gasteiger partial charge < -0.3 is 20.9 Å². The van der Waals surface area contributed by atoms with Gasteiger partial charge in [0.15, 0.2) is 0 Å². The number of hydrogen-bond donors (Lipinski definition) is 3. The van der Waals surface area contributed by atoms with Gasteiger partial charge in [0.2, 0.25) is 11.8 Å². The first-order valence-electron chi connectivity index (χ1n) is 15.0. The molecule has 1 saturated heterocycles. The highest BCUT2D eigenvalue weighted by Gasteiger charge is 2.59. The van der Waals surface area contributed by atoms with Crippen LogP contribution in [0, 0.1) is 17.8 Å². The smallest absolute Gasteiger partial charge is 0.315 e. The lowest BCUT2D eigenvalue weighted by Crippen LogP contribution is -2.58. The maximum atomic E-state index is 14.4. The van der Waals surface area contributed by atoms with Gasteiger partial charge in [0, 0.05) is 31.7 Å². The minimum Gasteiger partial charge on any atom is -0.335 e.